The van der Waals surface area contributed by atoms with Crippen molar-refractivity contribution >= 4 is 9.24 Å². The molecule has 0 aromatic carbocycles. The molecule has 1 heterocycles. The summed E-state index contributed by atoms with van der Waals surface area (Å²) >= 11 is 0. The summed E-state index contributed by atoms with van der Waals surface area (Å²) in [5.74, 6) is 0. The summed E-state index contributed by atoms with van der Waals surface area (Å²) in [5.41, 5.74) is 0. The van der Waals surface area contributed by atoms with E-state index >= 15 is 0 Å². The van der Waals surface area contributed by atoms with E-state index in [4.69, 9.17) is 0 Å². The summed E-state index contributed by atoms with van der Waals surface area (Å²) in [6.45, 7) is 4.20. The molecule has 1 nitrogen and oxygen atoms in total. The van der Waals surface area contributed by atoms with Crippen molar-refractivity contribution in [2.75, 3.05) is 19.6 Å². The van der Waals surface area contributed by atoms with Gasteiger partial charge in [-0.25, -0.2) is 4.39 Å². The summed E-state index contributed by atoms with van der Waals surface area (Å²) < 4.78 is 12.6. The molecule has 8 heavy (non-hydrogen) atoms. The van der Waals surface area contributed by atoms with Crippen LogP contribution in [0.1, 0.15) is 6.92 Å². The first-order valence-corrected chi connectivity index (χ1v) is 3.42. The van der Waals surface area contributed by atoms with E-state index in [2.05, 4.69) is 14.1 Å². The Kier molecular flexibility index (Phi) is 1.55. The maximum atomic E-state index is 12.6. The molecule has 1 atom stereocenters. The first kappa shape index (κ1) is 6.44. The Bertz CT molecular complexity index is 86.4. The van der Waals surface area contributed by atoms with E-state index in [1.54, 1.807) is 0 Å². The molecular formula is C5H11FNP. The molecule has 0 radical (unpaired) electrons. The van der Waals surface area contributed by atoms with Crippen LogP contribution in [0.2, 0.25) is 0 Å². The van der Waals surface area contributed by atoms with Crippen molar-refractivity contribution in [3.8, 4) is 0 Å². The lowest BCUT2D eigenvalue weighted by Gasteiger charge is -2.41. The molecule has 0 saturated carbocycles. The number of rotatable bonds is 1. The molecule has 1 aliphatic rings. The van der Waals surface area contributed by atoms with Crippen LogP contribution >= 0.6 is 9.24 Å². The van der Waals surface area contributed by atoms with Gasteiger partial charge in [0.1, 0.15) is 5.41 Å². The fourth-order valence-corrected chi connectivity index (χ4v) is 1.44. The molecule has 0 N–H and O–H groups in total. The van der Waals surface area contributed by atoms with Crippen LogP contribution in [0, 0.1) is 0 Å². The molecule has 0 aliphatic carbocycles. The zero-order chi connectivity index (χ0) is 6.20. The fourth-order valence-electron chi connectivity index (χ4n) is 0.921. The topological polar surface area (TPSA) is 3.24 Å². The Balaban J connectivity index is 2.21. The third-order valence-electron chi connectivity index (χ3n) is 1.42. The lowest BCUT2D eigenvalue weighted by atomic mass is 10.2. The van der Waals surface area contributed by atoms with E-state index in [0.29, 0.717) is 13.1 Å². The van der Waals surface area contributed by atoms with E-state index in [0.717, 1.165) is 6.54 Å². The van der Waals surface area contributed by atoms with Crippen molar-refractivity contribution in [1.29, 1.82) is 0 Å². The minimum Gasteiger partial charge on any atom is -0.296 e. The highest BCUT2D eigenvalue weighted by molar-refractivity contribution is 7.18. The second-order valence-electron chi connectivity index (χ2n) is 2.34. The van der Waals surface area contributed by atoms with Crippen molar-refractivity contribution in [2.45, 2.75) is 12.3 Å². The Morgan fingerprint density at radius 3 is 2.38 bits per heavy atom. The molecule has 0 amide bonds. The van der Waals surface area contributed by atoms with Gasteiger partial charge in [-0.3, -0.25) is 4.90 Å². The van der Waals surface area contributed by atoms with Crippen LogP contribution in [-0.2, 0) is 0 Å². The fraction of sp³-hybridized carbons (Fsp3) is 1.00. The average molecular weight is 135 g/mol. The zero-order valence-corrected chi connectivity index (χ0v) is 6.18. The van der Waals surface area contributed by atoms with Crippen molar-refractivity contribution < 1.29 is 4.39 Å². The third kappa shape index (κ3) is 1.18. The second-order valence-corrected chi connectivity index (χ2v) is 3.37. The molecule has 0 bridgehead atoms. The smallest absolute Gasteiger partial charge is 0.148 e. The quantitative estimate of drug-likeness (QED) is 0.482. The largest absolute Gasteiger partial charge is 0.296 e. The maximum absolute atomic E-state index is 12.6. The first-order valence-electron chi connectivity index (χ1n) is 2.84. The van der Waals surface area contributed by atoms with E-state index < -0.39 is 5.41 Å². The van der Waals surface area contributed by atoms with E-state index in [1.807, 2.05) is 6.92 Å². The molecule has 1 rings (SSSR count). The van der Waals surface area contributed by atoms with E-state index in [1.165, 1.54) is 0 Å². The molecule has 3 heteroatoms. The van der Waals surface area contributed by atoms with Gasteiger partial charge in [0, 0.05) is 13.1 Å². The predicted octanol–water partition coefficient (Wildman–Crippen LogP) is 0.863. The number of hydrogen-bond donors (Lipinski definition) is 0. The number of alkyl halides is 1. The van der Waals surface area contributed by atoms with Gasteiger partial charge in [0.05, 0.1) is 0 Å². The predicted molar refractivity (Wildman–Crippen MR) is 35.7 cm³/mol. The molecule has 1 unspecified atom stereocenters. The van der Waals surface area contributed by atoms with Gasteiger partial charge in [-0.2, -0.15) is 0 Å². The minimum atomic E-state index is -0.962. The number of halogens is 1. The highest BCUT2D eigenvalue weighted by atomic mass is 31.0. The van der Waals surface area contributed by atoms with Gasteiger partial charge in [0.2, 0.25) is 0 Å². The van der Waals surface area contributed by atoms with Gasteiger partial charge < -0.3 is 0 Å². The van der Waals surface area contributed by atoms with Gasteiger partial charge in [-0.1, -0.05) is 16.2 Å². The van der Waals surface area contributed by atoms with E-state index in [9.17, 15) is 4.39 Å². The Hall–Kier alpha value is 0.320. The monoisotopic (exact) mass is 135 g/mol. The molecule has 1 saturated heterocycles. The van der Waals surface area contributed by atoms with Gasteiger partial charge in [-0.05, 0) is 6.54 Å². The van der Waals surface area contributed by atoms with Crippen LogP contribution in [-0.4, -0.2) is 29.9 Å². The van der Waals surface area contributed by atoms with Crippen molar-refractivity contribution in [3.05, 3.63) is 0 Å². The van der Waals surface area contributed by atoms with Gasteiger partial charge in [0.15, 0.2) is 0 Å². The maximum Gasteiger partial charge on any atom is 0.148 e. The Morgan fingerprint density at radius 2 is 2.25 bits per heavy atom. The molecule has 1 fully saturated rings. The van der Waals surface area contributed by atoms with Crippen LogP contribution in [0.5, 0.6) is 0 Å². The molecule has 0 aromatic rings. The summed E-state index contributed by atoms with van der Waals surface area (Å²) in [7, 11) is 2.22. The highest BCUT2D eigenvalue weighted by Gasteiger charge is 2.37. The summed E-state index contributed by atoms with van der Waals surface area (Å²) in [4.78, 5) is 2.06. The average Bonchev–Trinajstić information content (AvgIpc) is 1.60. The number of hydrogen-bond acceptors (Lipinski definition) is 1. The van der Waals surface area contributed by atoms with Gasteiger partial charge in [-0.15, -0.1) is 0 Å². The van der Waals surface area contributed by atoms with Gasteiger partial charge in [0.25, 0.3) is 0 Å². The minimum absolute atomic E-state index is 0.591. The first-order chi connectivity index (χ1) is 3.64. The lowest BCUT2D eigenvalue weighted by Crippen LogP contribution is -2.54. The highest BCUT2D eigenvalue weighted by Crippen LogP contribution is 2.30. The Labute approximate surface area is 51.4 Å². The zero-order valence-electron chi connectivity index (χ0n) is 5.02. The molecule has 0 aromatic heterocycles. The lowest BCUT2D eigenvalue weighted by molar-refractivity contribution is 0.0428. The van der Waals surface area contributed by atoms with Crippen molar-refractivity contribution in [2.24, 2.45) is 0 Å². The Morgan fingerprint density at radius 1 is 1.75 bits per heavy atom. The van der Waals surface area contributed by atoms with Gasteiger partial charge >= 0.3 is 0 Å². The summed E-state index contributed by atoms with van der Waals surface area (Å²) in [6.07, 6.45) is 0. The number of likely N-dealkylation sites (tertiary alicyclic amines) is 1. The third-order valence-corrected chi connectivity index (χ3v) is 1.79. The van der Waals surface area contributed by atoms with Crippen LogP contribution in [0.3, 0.4) is 0 Å². The summed E-state index contributed by atoms with van der Waals surface area (Å²) in [5, 5.41) is -0.962. The normalized spacial score (nSPS) is 27.4. The molecule has 0 spiro atoms. The molecule has 48 valence electrons. The molecule has 1 aliphatic heterocycles. The van der Waals surface area contributed by atoms with Crippen LogP contribution in [0.4, 0.5) is 4.39 Å². The molecular weight excluding hydrogens is 124 g/mol. The van der Waals surface area contributed by atoms with Crippen molar-refractivity contribution in [1.82, 2.24) is 4.90 Å². The van der Waals surface area contributed by atoms with Crippen LogP contribution in [0.15, 0.2) is 0 Å². The second kappa shape index (κ2) is 1.93. The summed E-state index contributed by atoms with van der Waals surface area (Å²) in [6, 6.07) is 0. The van der Waals surface area contributed by atoms with Crippen LogP contribution < -0.4 is 0 Å². The van der Waals surface area contributed by atoms with Crippen molar-refractivity contribution in [3.63, 3.8) is 0 Å². The standard InChI is InChI=1S/C5H11FNP/c1-2-7-3-5(6,8)4-7/h2-4,8H2,1H3. The van der Waals surface area contributed by atoms with E-state index in [-0.39, 0.29) is 0 Å². The number of nitrogens with zero attached hydrogens (tertiary/aromatic N) is 1. The SMILES string of the molecule is CCN1CC(F)(P)C1. The van der Waals surface area contributed by atoms with Crippen LogP contribution in [0.25, 0.3) is 0 Å².